The van der Waals surface area contributed by atoms with Crippen molar-refractivity contribution in [3.63, 3.8) is 0 Å². The lowest BCUT2D eigenvalue weighted by atomic mass is 10.2. The second-order valence-corrected chi connectivity index (χ2v) is 7.56. The van der Waals surface area contributed by atoms with E-state index in [0.717, 1.165) is 11.3 Å². The van der Waals surface area contributed by atoms with Crippen molar-refractivity contribution in [2.45, 2.75) is 26.9 Å². The summed E-state index contributed by atoms with van der Waals surface area (Å²) in [5.74, 6) is 0.285. The topological polar surface area (TPSA) is 94.5 Å². The number of ketones is 1. The van der Waals surface area contributed by atoms with Crippen LogP contribution in [-0.2, 0) is 24.9 Å². The number of aromatic nitrogens is 4. The number of anilines is 1. The van der Waals surface area contributed by atoms with Crippen LogP contribution in [0.3, 0.4) is 0 Å². The molecule has 1 aromatic carbocycles. The SMILES string of the molecule is CC(=O)CN1N=C(C)Cn2c1nc1c2c(=O)n(Cc2ccc(Cl)cc2)c(=O)n1C. The number of rotatable bonds is 4. The van der Waals surface area contributed by atoms with Crippen molar-refractivity contribution in [3.8, 4) is 0 Å². The molecule has 1 aliphatic rings. The van der Waals surface area contributed by atoms with Crippen molar-refractivity contribution < 1.29 is 4.79 Å². The van der Waals surface area contributed by atoms with Crippen molar-refractivity contribution in [1.29, 1.82) is 0 Å². The average Bonchev–Trinajstić information content (AvgIpc) is 3.04. The summed E-state index contributed by atoms with van der Waals surface area (Å²) in [5.41, 5.74) is 1.18. The highest BCUT2D eigenvalue weighted by Gasteiger charge is 2.27. The van der Waals surface area contributed by atoms with Crippen LogP contribution in [0.4, 0.5) is 5.95 Å². The highest BCUT2D eigenvalue weighted by atomic mass is 35.5. The highest BCUT2D eigenvalue weighted by molar-refractivity contribution is 6.30. The van der Waals surface area contributed by atoms with Crippen molar-refractivity contribution in [1.82, 2.24) is 18.7 Å². The normalized spacial score (nSPS) is 13.5. The van der Waals surface area contributed by atoms with Crippen molar-refractivity contribution >= 4 is 40.2 Å². The number of hydrogen-bond acceptors (Lipinski definition) is 6. The summed E-state index contributed by atoms with van der Waals surface area (Å²) in [6.07, 6.45) is 0. The fourth-order valence-electron chi connectivity index (χ4n) is 3.45. The van der Waals surface area contributed by atoms with Gasteiger partial charge in [0.25, 0.3) is 5.56 Å². The quantitative estimate of drug-likeness (QED) is 0.642. The summed E-state index contributed by atoms with van der Waals surface area (Å²) in [6.45, 7) is 3.78. The zero-order valence-corrected chi connectivity index (χ0v) is 17.0. The smallest absolute Gasteiger partial charge is 0.298 e. The predicted molar refractivity (Wildman–Crippen MR) is 111 cm³/mol. The number of hydrazone groups is 1. The van der Waals surface area contributed by atoms with Crippen LogP contribution in [0.2, 0.25) is 5.02 Å². The van der Waals surface area contributed by atoms with Crippen LogP contribution in [0.15, 0.2) is 39.0 Å². The van der Waals surface area contributed by atoms with Gasteiger partial charge in [-0.2, -0.15) is 10.1 Å². The minimum absolute atomic E-state index is 0.0353. The first kappa shape index (κ1) is 19.1. The minimum Gasteiger partial charge on any atom is -0.298 e. The lowest BCUT2D eigenvalue weighted by Gasteiger charge is -2.23. The molecule has 150 valence electrons. The molecular formula is C19H19ClN6O3. The lowest BCUT2D eigenvalue weighted by molar-refractivity contribution is -0.115. The summed E-state index contributed by atoms with van der Waals surface area (Å²) < 4.78 is 4.23. The molecule has 3 heterocycles. The maximum absolute atomic E-state index is 13.3. The van der Waals surface area contributed by atoms with E-state index in [9.17, 15) is 14.4 Å². The zero-order chi connectivity index (χ0) is 20.9. The van der Waals surface area contributed by atoms with Crippen LogP contribution in [0, 0.1) is 0 Å². The fourth-order valence-corrected chi connectivity index (χ4v) is 3.57. The first-order valence-electron chi connectivity index (χ1n) is 9.02. The van der Waals surface area contributed by atoms with E-state index in [1.807, 2.05) is 6.92 Å². The van der Waals surface area contributed by atoms with E-state index in [2.05, 4.69) is 10.1 Å². The van der Waals surface area contributed by atoms with Gasteiger partial charge in [-0.25, -0.2) is 9.80 Å². The Morgan fingerprint density at radius 1 is 1.21 bits per heavy atom. The molecule has 29 heavy (non-hydrogen) atoms. The molecule has 0 radical (unpaired) electrons. The summed E-state index contributed by atoms with van der Waals surface area (Å²) in [4.78, 5) is 42.2. The number of aryl methyl sites for hydroxylation is 1. The van der Waals surface area contributed by atoms with Crippen LogP contribution >= 0.6 is 11.6 Å². The summed E-state index contributed by atoms with van der Waals surface area (Å²) in [7, 11) is 1.57. The molecule has 10 heteroatoms. The number of carbonyl (C=O) groups excluding carboxylic acids is 1. The molecule has 2 aromatic heterocycles. The third kappa shape index (κ3) is 3.27. The second kappa shape index (κ2) is 7.00. The molecule has 0 aliphatic carbocycles. The lowest BCUT2D eigenvalue weighted by Crippen LogP contribution is -2.40. The van der Waals surface area contributed by atoms with E-state index < -0.39 is 11.2 Å². The molecule has 4 rings (SSSR count). The van der Waals surface area contributed by atoms with Crippen molar-refractivity contribution in [3.05, 3.63) is 55.7 Å². The average molecular weight is 415 g/mol. The van der Waals surface area contributed by atoms with Gasteiger partial charge in [-0.05, 0) is 31.5 Å². The molecule has 0 atom stereocenters. The molecule has 3 aromatic rings. The zero-order valence-electron chi connectivity index (χ0n) is 16.2. The first-order valence-corrected chi connectivity index (χ1v) is 9.39. The van der Waals surface area contributed by atoms with Gasteiger partial charge in [0, 0.05) is 12.1 Å². The number of halogens is 1. The standard InChI is InChI=1S/C19H19ClN6O3/c1-11-8-24-15-16(21-18(24)26(22-11)9-12(2)27)23(3)19(29)25(17(15)28)10-13-4-6-14(20)7-5-13/h4-7H,8-10H2,1-3H3. The number of imidazole rings is 1. The van der Waals surface area contributed by atoms with Gasteiger partial charge in [0.05, 0.1) is 18.8 Å². The number of carbonyl (C=O) groups is 1. The van der Waals surface area contributed by atoms with Gasteiger partial charge < -0.3 is 0 Å². The van der Waals surface area contributed by atoms with E-state index >= 15 is 0 Å². The number of nitrogens with zero attached hydrogens (tertiary/aromatic N) is 6. The van der Waals surface area contributed by atoms with Gasteiger partial charge in [0.15, 0.2) is 16.9 Å². The maximum atomic E-state index is 13.3. The fraction of sp³-hybridized carbons (Fsp3) is 0.316. The van der Waals surface area contributed by atoms with E-state index in [4.69, 9.17) is 11.6 Å². The van der Waals surface area contributed by atoms with E-state index in [-0.39, 0.29) is 24.5 Å². The molecule has 0 bridgehead atoms. The molecule has 0 fully saturated rings. The van der Waals surface area contributed by atoms with Crippen LogP contribution in [0.1, 0.15) is 19.4 Å². The Morgan fingerprint density at radius 2 is 1.90 bits per heavy atom. The Kier molecular flexibility index (Phi) is 4.62. The molecule has 9 nitrogen and oxygen atoms in total. The third-order valence-corrected chi connectivity index (χ3v) is 5.00. The number of fused-ring (bicyclic) bond motifs is 3. The summed E-state index contributed by atoms with van der Waals surface area (Å²) in [6, 6.07) is 6.97. The molecule has 1 aliphatic heterocycles. The van der Waals surface area contributed by atoms with Crippen LogP contribution in [0.5, 0.6) is 0 Å². The largest absolute Gasteiger partial charge is 0.332 e. The van der Waals surface area contributed by atoms with Crippen LogP contribution in [0.25, 0.3) is 11.2 Å². The Morgan fingerprint density at radius 3 is 2.55 bits per heavy atom. The van der Waals surface area contributed by atoms with Gasteiger partial charge >= 0.3 is 5.69 Å². The molecule has 0 saturated heterocycles. The number of hydrogen-bond donors (Lipinski definition) is 0. The van der Waals surface area contributed by atoms with Gasteiger partial charge in [0.1, 0.15) is 6.54 Å². The molecule has 0 spiro atoms. The second-order valence-electron chi connectivity index (χ2n) is 7.12. The minimum atomic E-state index is -0.469. The van der Waals surface area contributed by atoms with E-state index in [1.54, 1.807) is 35.9 Å². The van der Waals surface area contributed by atoms with Gasteiger partial charge in [0.2, 0.25) is 5.95 Å². The van der Waals surface area contributed by atoms with Crippen LogP contribution < -0.4 is 16.3 Å². The molecule has 0 saturated carbocycles. The Bertz CT molecular complexity index is 1280. The van der Waals surface area contributed by atoms with Crippen molar-refractivity contribution in [2.75, 3.05) is 11.6 Å². The van der Waals surface area contributed by atoms with Gasteiger partial charge in [-0.3, -0.25) is 23.3 Å². The number of benzene rings is 1. The highest BCUT2D eigenvalue weighted by Crippen LogP contribution is 2.23. The Labute approximate surface area is 170 Å². The van der Waals surface area contributed by atoms with E-state index in [1.165, 1.54) is 21.1 Å². The van der Waals surface area contributed by atoms with Gasteiger partial charge in [-0.15, -0.1) is 0 Å². The van der Waals surface area contributed by atoms with E-state index in [0.29, 0.717) is 23.0 Å². The molecular weight excluding hydrogens is 396 g/mol. The van der Waals surface area contributed by atoms with Crippen LogP contribution in [-0.4, -0.2) is 36.7 Å². The Hall–Kier alpha value is -3.20. The summed E-state index contributed by atoms with van der Waals surface area (Å²) in [5, 5.41) is 6.42. The molecule has 0 unspecified atom stereocenters. The Balaban J connectivity index is 1.92. The number of Topliss-reactive ketones (excluding diaryl/α,β-unsaturated/α-hetero) is 1. The van der Waals surface area contributed by atoms with Gasteiger partial charge in [-0.1, -0.05) is 23.7 Å². The first-order chi connectivity index (χ1) is 13.8. The summed E-state index contributed by atoms with van der Waals surface area (Å²) >= 11 is 5.92. The monoisotopic (exact) mass is 414 g/mol. The van der Waals surface area contributed by atoms with Crippen molar-refractivity contribution in [2.24, 2.45) is 12.1 Å². The molecule has 0 amide bonds. The third-order valence-electron chi connectivity index (χ3n) is 4.75. The molecule has 0 N–H and O–H groups in total. The predicted octanol–water partition coefficient (Wildman–Crippen LogP) is 1.38. The maximum Gasteiger partial charge on any atom is 0.332 e.